The van der Waals surface area contributed by atoms with Gasteiger partial charge in [0, 0.05) is 0 Å². The normalized spacial score (nSPS) is 17.8. The van der Waals surface area contributed by atoms with Crippen LogP contribution in [0, 0.1) is 0 Å². The number of halogens is 2. The topological polar surface area (TPSA) is 0 Å². The van der Waals surface area contributed by atoms with Crippen LogP contribution in [0.3, 0.4) is 0 Å². The molecule has 36 heavy (non-hydrogen) atoms. The molecule has 2 aliphatic carbocycles. The second kappa shape index (κ2) is 11.2. The van der Waals surface area contributed by atoms with Gasteiger partial charge in [0.15, 0.2) is 0 Å². The zero-order valence-electron chi connectivity index (χ0n) is 20.5. The Morgan fingerprint density at radius 3 is 1.31 bits per heavy atom. The van der Waals surface area contributed by atoms with E-state index in [4.69, 9.17) is 22.2 Å². The fraction of sp³-hybridized carbons (Fsp3) is 0.125. The Hall–Kier alpha value is -1.96. The van der Waals surface area contributed by atoms with Crippen LogP contribution in [-0.2, 0) is 23.2 Å². The van der Waals surface area contributed by atoms with Gasteiger partial charge < -0.3 is 0 Å². The van der Waals surface area contributed by atoms with E-state index in [1.807, 2.05) is 60.7 Å². The Bertz CT molecular complexity index is 1300. The molecule has 0 heterocycles. The average molecular weight is 603 g/mol. The van der Waals surface area contributed by atoms with Crippen molar-refractivity contribution in [3.63, 3.8) is 0 Å². The van der Waals surface area contributed by atoms with Gasteiger partial charge in [-0.3, -0.25) is 0 Å². The van der Waals surface area contributed by atoms with E-state index in [1.165, 1.54) is 11.1 Å². The summed E-state index contributed by atoms with van der Waals surface area (Å²) in [6, 6.07) is 37.7. The van der Waals surface area contributed by atoms with Gasteiger partial charge in [-0.15, -0.1) is 22.2 Å². The van der Waals surface area contributed by atoms with Crippen molar-refractivity contribution in [1.82, 2.24) is 0 Å². The Morgan fingerprint density at radius 1 is 0.528 bits per heavy atom. The molecule has 0 N–H and O–H groups in total. The van der Waals surface area contributed by atoms with E-state index in [0.29, 0.717) is 0 Å². The molecule has 178 valence electrons. The van der Waals surface area contributed by atoms with E-state index in [1.54, 1.807) is 22.3 Å². The van der Waals surface area contributed by atoms with Gasteiger partial charge in [-0.25, -0.2) is 0 Å². The van der Waals surface area contributed by atoms with Gasteiger partial charge in [0.1, 0.15) is 0 Å². The second-order valence-electron chi connectivity index (χ2n) is 9.37. The predicted octanol–water partition coefficient (Wildman–Crippen LogP) is 8.11. The van der Waals surface area contributed by atoms with Crippen molar-refractivity contribution in [2.45, 2.75) is 21.1 Å². The van der Waals surface area contributed by atoms with Crippen LogP contribution in [0.2, 0.25) is 0 Å². The van der Waals surface area contributed by atoms with Crippen LogP contribution in [0.4, 0.5) is 0 Å². The van der Waals surface area contributed by atoms with Gasteiger partial charge in [-0.2, -0.15) is 0 Å². The van der Waals surface area contributed by atoms with Gasteiger partial charge in [0.25, 0.3) is 0 Å². The SMILES string of the molecule is CC1=Cc2ccccc2[CH]1[Zr][CH]1C(C)=Cc2ccccc21.Cl[Si](Cl)(c1ccccc1)c1ccccc1. The van der Waals surface area contributed by atoms with Crippen molar-refractivity contribution in [2.24, 2.45) is 0 Å². The molecule has 4 aromatic carbocycles. The monoisotopic (exact) mass is 600 g/mol. The molecule has 2 aliphatic rings. The number of benzene rings is 4. The number of rotatable bonds is 4. The molecule has 0 fully saturated rings. The van der Waals surface area contributed by atoms with Gasteiger partial charge in [0.2, 0.25) is 0 Å². The molecule has 2 unspecified atom stereocenters. The maximum atomic E-state index is 6.49. The first-order chi connectivity index (χ1) is 17.4. The molecular formula is C32H28Cl2SiZr. The van der Waals surface area contributed by atoms with E-state index in [2.05, 4.69) is 74.5 Å². The maximum absolute atomic E-state index is 6.49. The predicted molar refractivity (Wildman–Crippen MR) is 155 cm³/mol. The molecule has 0 aliphatic heterocycles. The molecule has 4 heteroatoms. The van der Waals surface area contributed by atoms with E-state index >= 15 is 0 Å². The van der Waals surface area contributed by atoms with Crippen LogP contribution in [0.25, 0.3) is 12.2 Å². The zero-order valence-corrected chi connectivity index (χ0v) is 25.4. The Morgan fingerprint density at radius 2 is 0.889 bits per heavy atom. The largest absolute Gasteiger partial charge is 0.310 e. The Balaban J connectivity index is 0.000000157. The fourth-order valence-electron chi connectivity index (χ4n) is 5.03. The zero-order chi connectivity index (χ0) is 25.1. The van der Waals surface area contributed by atoms with Crippen molar-refractivity contribution in [1.29, 1.82) is 0 Å². The summed E-state index contributed by atoms with van der Waals surface area (Å²) in [7, 11) is 0. The van der Waals surface area contributed by atoms with Crippen LogP contribution >= 0.6 is 22.2 Å². The van der Waals surface area contributed by atoms with Crippen molar-refractivity contribution >= 4 is 51.4 Å². The minimum atomic E-state index is -2.51. The third-order valence-electron chi connectivity index (χ3n) is 6.90. The first kappa shape index (κ1) is 25.7. The summed E-state index contributed by atoms with van der Waals surface area (Å²) in [5.41, 5.74) is 9.24. The minimum Gasteiger partial charge on any atom is -0.134 e. The smallest absolute Gasteiger partial charge is 0.134 e. The summed E-state index contributed by atoms with van der Waals surface area (Å²) < 4.78 is 1.48. The van der Waals surface area contributed by atoms with Crippen LogP contribution in [0.1, 0.15) is 43.4 Å². The third-order valence-corrected chi connectivity index (χ3v) is 17.0. The van der Waals surface area contributed by atoms with Gasteiger partial charge >= 0.3 is 145 Å². The average Bonchev–Trinajstić information content (AvgIpc) is 3.41. The molecule has 0 spiro atoms. The molecule has 0 nitrogen and oxygen atoms in total. The van der Waals surface area contributed by atoms with Crippen LogP contribution in [0.5, 0.6) is 0 Å². The molecule has 0 saturated carbocycles. The Kier molecular flexibility index (Phi) is 7.99. The third kappa shape index (κ3) is 5.34. The Labute approximate surface area is 236 Å². The van der Waals surface area contributed by atoms with Gasteiger partial charge in [-0.1, -0.05) is 60.7 Å². The first-order valence-corrected chi connectivity index (χ1v) is 19.1. The minimum absolute atomic E-state index is 0.616. The quantitative estimate of drug-likeness (QED) is 0.164. The summed E-state index contributed by atoms with van der Waals surface area (Å²) in [4.78, 5) is 0. The van der Waals surface area contributed by atoms with Crippen LogP contribution < -0.4 is 10.4 Å². The second-order valence-corrected chi connectivity index (χ2v) is 19.3. The van der Waals surface area contributed by atoms with Crippen LogP contribution in [0.15, 0.2) is 120 Å². The number of fused-ring (bicyclic) bond motifs is 2. The van der Waals surface area contributed by atoms with E-state index in [0.717, 1.165) is 17.6 Å². The summed E-state index contributed by atoms with van der Waals surface area (Å²) in [5, 5.41) is 2.05. The van der Waals surface area contributed by atoms with E-state index in [9.17, 15) is 0 Å². The molecule has 0 aromatic heterocycles. The molecule has 0 radical (unpaired) electrons. The molecule has 0 bridgehead atoms. The molecule has 6 rings (SSSR count). The number of hydrogen-bond donors (Lipinski definition) is 0. The maximum Gasteiger partial charge on any atom is 0.310 e. The summed E-state index contributed by atoms with van der Waals surface area (Å²) in [6.07, 6.45) is 4.81. The summed E-state index contributed by atoms with van der Waals surface area (Å²) >= 11 is 12.4. The molecular weight excluding hydrogens is 575 g/mol. The first-order valence-electron chi connectivity index (χ1n) is 12.2. The summed E-state index contributed by atoms with van der Waals surface area (Å²) in [6.45, 7) is 2.14. The van der Waals surface area contributed by atoms with Crippen LogP contribution in [-0.4, -0.2) is 6.69 Å². The molecule has 2 atom stereocenters. The number of allylic oxidation sites excluding steroid dienone is 2. The van der Waals surface area contributed by atoms with Crippen molar-refractivity contribution in [3.8, 4) is 0 Å². The van der Waals surface area contributed by atoms with Crippen molar-refractivity contribution in [3.05, 3.63) is 143 Å². The molecule has 0 saturated heterocycles. The fourth-order valence-corrected chi connectivity index (χ4v) is 12.8. The standard InChI is InChI=1S/C12H10Cl2Si.2C10H9.Zr/c13-15(14,11-7-3-1-4-8-11)12-9-5-2-6-10-12;2*1-8-6-9-4-2-3-5-10(9)7-8;/h1-10H;2*2-7H,1H3;. The molecule has 4 aromatic rings. The molecule has 0 amide bonds. The van der Waals surface area contributed by atoms with Gasteiger partial charge in [0.05, 0.1) is 0 Å². The van der Waals surface area contributed by atoms with Crippen molar-refractivity contribution < 1.29 is 23.2 Å². The van der Waals surface area contributed by atoms with Crippen molar-refractivity contribution in [2.75, 3.05) is 0 Å². The summed E-state index contributed by atoms with van der Waals surface area (Å²) in [5.74, 6) is 0. The number of hydrogen-bond acceptors (Lipinski definition) is 0. The van der Waals surface area contributed by atoms with Gasteiger partial charge in [-0.05, 0) is 10.4 Å². The van der Waals surface area contributed by atoms with E-state index in [-0.39, 0.29) is 0 Å². The van der Waals surface area contributed by atoms with E-state index < -0.39 is 29.9 Å².